The van der Waals surface area contributed by atoms with Crippen LogP contribution in [-0.2, 0) is 4.79 Å². The van der Waals surface area contributed by atoms with Crippen LogP contribution in [0.2, 0.25) is 0 Å². The molecule has 206 valence electrons. The largest absolute Gasteiger partial charge is 0.493 e. The molecule has 0 aliphatic carbocycles. The molecule has 4 atom stereocenters. The lowest BCUT2D eigenvalue weighted by molar-refractivity contribution is -0.124. The lowest BCUT2D eigenvalue weighted by Crippen LogP contribution is -2.46. The number of piperidine rings is 1. The molecule has 38 heavy (non-hydrogen) atoms. The zero-order chi connectivity index (χ0) is 27.4. The van der Waals surface area contributed by atoms with Gasteiger partial charge in [-0.2, -0.15) is 0 Å². The summed E-state index contributed by atoms with van der Waals surface area (Å²) >= 11 is 1.66. The van der Waals surface area contributed by atoms with Gasteiger partial charge in [0.1, 0.15) is 0 Å². The molecule has 1 fully saturated rings. The number of hydrogen-bond acceptors (Lipinski definition) is 6. The van der Waals surface area contributed by atoms with E-state index in [2.05, 4.69) is 24.1 Å². The Morgan fingerprint density at radius 2 is 1.68 bits per heavy atom. The molecule has 0 radical (unpaired) electrons. The van der Waals surface area contributed by atoms with Crippen LogP contribution in [0.15, 0.2) is 41.3 Å². The van der Waals surface area contributed by atoms with Crippen molar-refractivity contribution in [3.05, 3.63) is 53.1 Å². The molecule has 2 aromatic carbocycles. The summed E-state index contributed by atoms with van der Waals surface area (Å²) in [5, 5.41) is 3.20. The molecule has 0 aromatic heterocycles. The first-order valence-corrected chi connectivity index (χ1v) is 14.7. The number of hydrogen-bond donors (Lipinski definition) is 1. The molecule has 2 aliphatic heterocycles. The molecule has 0 bridgehead atoms. The summed E-state index contributed by atoms with van der Waals surface area (Å²) < 4.78 is 11.0. The van der Waals surface area contributed by atoms with Crippen molar-refractivity contribution in [2.24, 2.45) is 11.8 Å². The van der Waals surface area contributed by atoms with Crippen molar-refractivity contribution in [1.82, 2.24) is 15.1 Å². The van der Waals surface area contributed by atoms with Crippen molar-refractivity contribution in [3.63, 3.8) is 0 Å². The number of likely N-dealkylation sites (N-methyl/N-ethyl adjacent to an activating group) is 1. The van der Waals surface area contributed by atoms with Gasteiger partial charge in [-0.05, 0) is 72.9 Å². The number of nitrogens with zero attached hydrogens (tertiary/aromatic N) is 2. The normalized spacial score (nSPS) is 23.6. The van der Waals surface area contributed by atoms with Gasteiger partial charge in [0.05, 0.1) is 26.2 Å². The van der Waals surface area contributed by atoms with Crippen molar-refractivity contribution < 1.29 is 19.1 Å². The molecule has 1 N–H and O–H groups in total. The Balaban J connectivity index is 1.60. The van der Waals surface area contributed by atoms with E-state index in [0.717, 1.165) is 36.5 Å². The van der Waals surface area contributed by atoms with Gasteiger partial charge >= 0.3 is 0 Å². The first-order valence-electron chi connectivity index (χ1n) is 13.4. The average molecular weight is 540 g/mol. The lowest BCUT2D eigenvalue weighted by Gasteiger charge is -2.40. The van der Waals surface area contributed by atoms with Crippen LogP contribution in [0, 0.1) is 11.8 Å². The van der Waals surface area contributed by atoms with Crippen molar-refractivity contribution in [3.8, 4) is 11.5 Å². The number of benzene rings is 2. The zero-order valence-corrected chi connectivity index (χ0v) is 24.3. The minimum atomic E-state index is -0.581. The van der Waals surface area contributed by atoms with E-state index in [1.54, 1.807) is 50.1 Å². The van der Waals surface area contributed by atoms with E-state index in [4.69, 9.17) is 9.47 Å². The summed E-state index contributed by atoms with van der Waals surface area (Å²) in [7, 11) is 4.89. The minimum absolute atomic E-state index is 0.0860. The van der Waals surface area contributed by atoms with Crippen molar-refractivity contribution in [1.29, 1.82) is 0 Å². The van der Waals surface area contributed by atoms with E-state index in [1.807, 2.05) is 30.5 Å². The standard InChI is InChI=1S/C30H41N3O4S/c1-19-14-20(2)18-33(17-19)13-7-12-31-29(34)27-23-15-25(36-4)26(37-5)16-24(23)30(35)32(3)28(27)21-8-10-22(38-6)11-9-21/h8-11,15-16,19-20,27-28H,7,12-14,17-18H2,1-6H3,(H,31,34)/t19-,20+,27-,28-/m0/s1. The number of carbonyl (C=O) groups is 2. The molecule has 0 unspecified atom stereocenters. The van der Waals surface area contributed by atoms with Crippen molar-refractivity contribution in [2.75, 3.05) is 53.7 Å². The Hall–Kier alpha value is -2.71. The van der Waals surface area contributed by atoms with E-state index < -0.39 is 12.0 Å². The van der Waals surface area contributed by atoms with Gasteiger partial charge in [0, 0.05) is 37.1 Å². The number of fused-ring (bicyclic) bond motifs is 1. The maximum atomic E-state index is 13.9. The molecule has 2 heterocycles. The van der Waals surface area contributed by atoms with E-state index >= 15 is 0 Å². The Morgan fingerprint density at radius 1 is 1.05 bits per heavy atom. The highest BCUT2D eigenvalue weighted by molar-refractivity contribution is 7.98. The molecular formula is C30H41N3O4S. The Morgan fingerprint density at radius 3 is 2.29 bits per heavy atom. The minimum Gasteiger partial charge on any atom is -0.493 e. The maximum absolute atomic E-state index is 13.9. The summed E-state index contributed by atoms with van der Waals surface area (Å²) in [6, 6.07) is 11.2. The molecule has 2 aromatic rings. The van der Waals surface area contributed by atoms with Gasteiger partial charge < -0.3 is 24.6 Å². The molecule has 7 nitrogen and oxygen atoms in total. The monoisotopic (exact) mass is 539 g/mol. The highest BCUT2D eigenvalue weighted by Crippen LogP contribution is 2.45. The molecule has 8 heteroatoms. The fourth-order valence-corrected chi connectivity index (χ4v) is 6.56. The molecule has 2 amide bonds. The van der Waals surface area contributed by atoms with Crippen LogP contribution in [-0.4, -0.2) is 75.3 Å². The molecule has 0 saturated carbocycles. The summed E-state index contributed by atoms with van der Waals surface area (Å²) in [5.74, 6) is 1.60. The highest BCUT2D eigenvalue weighted by Gasteiger charge is 2.43. The van der Waals surface area contributed by atoms with Gasteiger partial charge in [0.25, 0.3) is 5.91 Å². The van der Waals surface area contributed by atoms with Gasteiger partial charge in [-0.15, -0.1) is 11.8 Å². The molecule has 0 spiro atoms. The predicted molar refractivity (Wildman–Crippen MR) is 152 cm³/mol. The van der Waals surface area contributed by atoms with E-state index in [9.17, 15) is 9.59 Å². The lowest BCUT2D eigenvalue weighted by atomic mass is 9.79. The summed E-state index contributed by atoms with van der Waals surface area (Å²) in [6.45, 7) is 8.44. The summed E-state index contributed by atoms with van der Waals surface area (Å²) in [6.07, 6.45) is 4.20. The first-order chi connectivity index (χ1) is 18.3. The van der Waals surface area contributed by atoms with Crippen molar-refractivity contribution >= 4 is 23.6 Å². The van der Waals surface area contributed by atoms with E-state index in [0.29, 0.717) is 41.0 Å². The fraction of sp³-hybridized carbons (Fsp3) is 0.533. The molecule has 2 aliphatic rings. The maximum Gasteiger partial charge on any atom is 0.254 e. The SMILES string of the molecule is COc1cc2c(cc1OC)[C@H](C(=O)NCCCN1C[C@H](C)C[C@H](C)C1)[C@H](c1ccc(SC)cc1)N(C)C2=O. The second-order valence-corrected chi connectivity index (χ2v) is 11.6. The second-order valence-electron chi connectivity index (χ2n) is 10.8. The number of methoxy groups -OCH3 is 2. The van der Waals surface area contributed by atoms with Gasteiger partial charge in [-0.1, -0.05) is 26.0 Å². The third kappa shape index (κ3) is 5.96. The van der Waals surface area contributed by atoms with Crippen LogP contribution >= 0.6 is 11.8 Å². The van der Waals surface area contributed by atoms with Crippen LogP contribution < -0.4 is 14.8 Å². The molecule has 4 rings (SSSR count). The summed E-state index contributed by atoms with van der Waals surface area (Å²) in [4.78, 5) is 32.8. The smallest absolute Gasteiger partial charge is 0.254 e. The topological polar surface area (TPSA) is 71.1 Å². The van der Waals surface area contributed by atoms with Gasteiger partial charge in [0.15, 0.2) is 11.5 Å². The van der Waals surface area contributed by atoms with Gasteiger partial charge in [0.2, 0.25) is 5.91 Å². The number of nitrogens with one attached hydrogen (secondary N) is 1. The number of amides is 2. The zero-order valence-electron chi connectivity index (χ0n) is 23.5. The number of carbonyl (C=O) groups excluding carboxylic acids is 2. The summed E-state index contributed by atoms with van der Waals surface area (Å²) in [5.41, 5.74) is 2.06. The van der Waals surface area contributed by atoms with Crippen LogP contribution in [0.3, 0.4) is 0 Å². The van der Waals surface area contributed by atoms with E-state index in [1.165, 1.54) is 6.42 Å². The third-order valence-corrected chi connectivity index (χ3v) is 8.55. The van der Waals surface area contributed by atoms with Crippen LogP contribution in [0.1, 0.15) is 60.1 Å². The van der Waals surface area contributed by atoms with E-state index in [-0.39, 0.29) is 11.8 Å². The number of likely N-dealkylation sites (tertiary alicyclic amines) is 1. The fourth-order valence-electron chi connectivity index (χ4n) is 6.15. The number of thioether (sulfide) groups is 1. The van der Waals surface area contributed by atoms with Crippen LogP contribution in [0.4, 0.5) is 0 Å². The molecular weight excluding hydrogens is 498 g/mol. The third-order valence-electron chi connectivity index (χ3n) is 7.81. The van der Waals surface area contributed by atoms with Crippen LogP contribution in [0.5, 0.6) is 11.5 Å². The van der Waals surface area contributed by atoms with Crippen LogP contribution in [0.25, 0.3) is 0 Å². The Labute approximate surface area is 231 Å². The first kappa shape index (κ1) is 28.3. The molecule has 1 saturated heterocycles. The quantitative estimate of drug-likeness (QED) is 0.364. The van der Waals surface area contributed by atoms with Gasteiger partial charge in [-0.25, -0.2) is 0 Å². The van der Waals surface area contributed by atoms with Gasteiger partial charge in [-0.3, -0.25) is 9.59 Å². The Kier molecular flexibility index (Phi) is 9.26. The predicted octanol–water partition coefficient (Wildman–Crippen LogP) is 4.82. The second kappa shape index (κ2) is 12.4. The highest BCUT2D eigenvalue weighted by atomic mass is 32.2. The average Bonchev–Trinajstić information content (AvgIpc) is 2.91. The number of ether oxygens (including phenoxy) is 2. The Bertz CT molecular complexity index is 1130. The number of rotatable bonds is 9. The van der Waals surface area contributed by atoms with Crippen molar-refractivity contribution in [2.45, 2.75) is 43.5 Å².